The second-order valence-corrected chi connectivity index (χ2v) is 7.57. The first-order valence-corrected chi connectivity index (χ1v) is 10.2. The van der Waals surface area contributed by atoms with Gasteiger partial charge in [-0.25, -0.2) is 9.50 Å². The van der Waals surface area contributed by atoms with Gasteiger partial charge in [0, 0.05) is 50.7 Å². The number of aromatic nitrogens is 3. The normalized spacial score (nSPS) is 14.3. The number of hydrogen-bond acceptors (Lipinski definition) is 4. The summed E-state index contributed by atoms with van der Waals surface area (Å²) >= 11 is 0. The third-order valence-electron chi connectivity index (χ3n) is 5.58. The van der Waals surface area contributed by atoms with Crippen LogP contribution in [0, 0.1) is 0 Å². The molecule has 3 heterocycles. The summed E-state index contributed by atoms with van der Waals surface area (Å²) in [6.45, 7) is 3.03. The van der Waals surface area contributed by atoms with Gasteiger partial charge in [0.15, 0.2) is 5.65 Å². The molecule has 2 aromatic heterocycles. The molecule has 6 heteroatoms. The summed E-state index contributed by atoms with van der Waals surface area (Å²) in [7, 11) is 0. The molecule has 2 aromatic carbocycles. The zero-order valence-electron chi connectivity index (χ0n) is 16.7. The minimum atomic E-state index is 0.000945. The topological polar surface area (TPSA) is 53.7 Å². The Morgan fingerprint density at radius 2 is 1.53 bits per heavy atom. The molecule has 0 atom stereocenters. The van der Waals surface area contributed by atoms with Crippen molar-refractivity contribution in [1.82, 2.24) is 19.5 Å². The van der Waals surface area contributed by atoms with Gasteiger partial charge in [-0.3, -0.25) is 4.79 Å². The lowest BCUT2D eigenvalue weighted by molar-refractivity contribution is 0.0748. The largest absolute Gasteiger partial charge is 0.368 e. The Kier molecular flexibility index (Phi) is 4.89. The lowest BCUT2D eigenvalue weighted by Crippen LogP contribution is -2.48. The molecule has 1 amide bonds. The maximum absolute atomic E-state index is 13.1. The van der Waals surface area contributed by atoms with E-state index in [9.17, 15) is 4.79 Å². The van der Waals surface area contributed by atoms with Crippen LogP contribution >= 0.6 is 0 Å². The second kappa shape index (κ2) is 7.99. The van der Waals surface area contributed by atoms with Crippen LogP contribution in [0.5, 0.6) is 0 Å². The fourth-order valence-corrected chi connectivity index (χ4v) is 3.96. The molecule has 0 unspecified atom stereocenters. The standard InChI is InChI=1S/C24H23N5O/c30-24(28-13-11-27(12-14-28)21-9-5-2-6-10-21)22-17-26-29-18-20(16-25-23(22)29)15-19-7-3-1-4-8-19/h1-10,16-18H,11-15H2. The molecule has 150 valence electrons. The number of carbonyl (C=O) groups excluding carboxylic acids is 1. The highest BCUT2D eigenvalue weighted by atomic mass is 16.2. The number of piperazine rings is 1. The van der Waals surface area contributed by atoms with Gasteiger partial charge in [-0.15, -0.1) is 0 Å². The van der Waals surface area contributed by atoms with Crippen LogP contribution in [0.4, 0.5) is 5.69 Å². The van der Waals surface area contributed by atoms with Crippen molar-refractivity contribution in [1.29, 1.82) is 0 Å². The highest BCUT2D eigenvalue weighted by molar-refractivity contribution is 5.99. The Bertz CT molecular complexity index is 1150. The van der Waals surface area contributed by atoms with E-state index < -0.39 is 0 Å². The van der Waals surface area contributed by atoms with Crippen molar-refractivity contribution < 1.29 is 4.79 Å². The average molecular weight is 397 g/mol. The predicted octanol–water partition coefficient (Wildman–Crippen LogP) is 3.28. The third-order valence-corrected chi connectivity index (χ3v) is 5.58. The molecule has 1 aliphatic rings. The van der Waals surface area contributed by atoms with Crippen LogP contribution in [0.15, 0.2) is 79.3 Å². The van der Waals surface area contributed by atoms with Crippen molar-refractivity contribution in [3.8, 4) is 0 Å². The Hall–Kier alpha value is -3.67. The van der Waals surface area contributed by atoms with E-state index in [1.165, 1.54) is 11.3 Å². The molecule has 1 saturated heterocycles. The number of rotatable bonds is 4. The smallest absolute Gasteiger partial charge is 0.259 e. The molecule has 0 saturated carbocycles. The molecule has 30 heavy (non-hydrogen) atoms. The Balaban J connectivity index is 1.30. The van der Waals surface area contributed by atoms with E-state index in [-0.39, 0.29) is 5.91 Å². The van der Waals surface area contributed by atoms with Crippen molar-refractivity contribution in [2.45, 2.75) is 6.42 Å². The molecular formula is C24H23N5O. The van der Waals surface area contributed by atoms with Crippen LogP contribution in [-0.2, 0) is 6.42 Å². The molecule has 0 radical (unpaired) electrons. The van der Waals surface area contributed by atoms with Crippen molar-refractivity contribution in [2.24, 2.45) is 0 Å². The maximum Gasteiger partial charge on any atom is 0.259 e. The first kappa shape index (κ1) is 18.4. The van der Waals surface area contributed by atoms with E-state index in [1.54, 1.807) is 10.7 Å². The number of carbonyl (C=O) groups is 1. The summed E-state index contributed by atoms with van der Waals surface area (Å²) in [4.78, 5) is 21.9. The molecule has 0 N–H and O–H groups in total. The van der Waals surface area contributed by atoms with Crippen LogP contribution in [0.1, 0.15) is 21.5 Å². The highest BCUT2D eigenvalue weighted by Crippen LogP contribution is 2.18. The van der Waals surface area contributed by atoms with E-state index in [0.717, 1.165) is 25.1 Å². The Morgan fingerprint density at radius 1 is 0.833 bits per heavy atom. The number of para-hydroxylation sites is 1. The number of anilines is 1. The number of nitrogens with zero attached hydrogens (tertiary/aromatic N) is 5. The quantitative estimate of drug-likeness (QED) is 0.530. The fraction of sp³-hybridized carbons (Fsp3) is 0.208. The van der Waals surface area contributed by atoms with Gasteiger partial charge in [-0.05, 0) is 23.3 Å². The monoisotopic (exact) mass is 397 g/mol. The Labute approximate surface area is 175 Å². The molecule has 1 aliphatic heterocycles. The molecule has 0 spiro atoms. The molecule has 6 nitrogen and oxygen atoms in total. The van der Waals surface area contributed by atoms with E-state index in [1.807, 2.05) is 53.7 Å². The van der Waals surface area contributed by atoms with Crippen LogP contribution in [0.2, 0.25) is 0 Å². The van der Waals surface area contributed by atoms with E-state index in [0.29, 0.717) is 24.3 Å². The number of amides is 1. The van der Waals surface area contributed by atoms with Gasteiger partial charge in [-0.2, -0.15) is 5.10 Å². The summed E-state index contributed by atoms with van der Waals surface area (Å²) in [6.07, 6.45) is 6.22. The van der Waals surface area contributed by atoms with Gasteiger partial charge in [0.25, 0.3) is 5.91 Å². The summed E-state index contributed by atoms with van der Waals surface area (Å²) in [5.41, 5.74) is 4.66. The SMILES string of the molecule is O=C(c1cnn2cc(Cc3ccccc3)cnc12)N1CCN(c2ccccc2)CC1. The van der Waals surface area contributed by atoms with Gasteiger partial charge in [-0.1, -0.05) is 48.5 Å². The molecular weight excluding hydrogens is 374 g/mol. The first-order valence-electron chi connectivity index (χ1n) is 10.2. The van der Waals surface area contributed by atoms with Gasteiger partial charge in [0.1, 0.15) is 5.56 Å². The average Bonchev–Trinajstić information content (AvgIpc) is 3.23. The van der Waals surface area contributed by atoms with Crippen LogP contribution in [-0.4, -0.2) is 51.6 Å². The van der Waals surface area contributed by atoms with Crippen molar-refractivity contribution in [2.75, 3.05) is 31.1 Å². The van der Waals surface area contributed by atoms with E-state index in [4.69, 9.17) is 0 Å². The fourth-order valence-electron chi connectivity index (χ4n) is 3.96. The van der Waals surface area contributed by atoms with Crippen molar-refractivity contribution in [3.63, 3.8) is 0 Å². The number of hydrogen-bond donors (Lipinski definition) is 0. The van der Waals surface area contributed by atoms with Gasteiger partial charge in [0.2, 0.25) is 0 Å². The first-order chi connectivity index (χ1) is 14.8. The zero-order chi connectivity index (χ0) is 20.3. The lowest BCUT2D eigenvalue weighted by Gasteiger charge is -2.36. The minimum absolute atomic E-state index is 0.000945. The van der Waals surface area contributed by atoms with E-state index >= 15 is 0 Å². The molecule has 5 rings (SSSR count). The van der Waals surface area contributed by atoms with Gasteiger partial charge >= 0.3 is 0 Å². The lowest BCUT2D eigenvalue weighted by atomic mass is 10.1. The molecule has 4 aromatic rings. The van der Waals surface area contributed by atoms with Crippen LogP contribution < -0.4 is 4.90 Å². The van der Waals surface area contributed by atoms with Gasteiger partial charge in [0.05, 0.1) is 6.20 Å². The predicted molar refractivity (Wildman–Crippen MR) is 117 cm³/mol. The van der Waals surface area contributed by atoms with Crippen LogP contribution in [0.25, 0.3) is 5.65 Å². The minimum Gasteiger partial charge on any atom is -0.368 e. The second-order valence-electron chi connectivity index (χ2n) is 7.57. The molecule has 0 aliphatic carbocycles. The van der Waals surface area contributed by atoms with Crippen LogP contribution in [0.3, 0.4) is 0 Å². The molecule has 0 bridgehead atoms. The number of benzene rings is 2. The zero-order valence-corrected chi connectivity index (χ0v) is 16.7. The highest BCUT2D eigenvalue weighted by Gasteiger charge is 2.25. The summed E-state index contributed by atoms with van der Waals surface area (Å²) in [5.74, 6) is 0.000945. The Morgan fingerprint density at radius 3 is 2.27 bits per heavy atom. The van der Waals surface area contributed by atoms with Crippen molar-refractivity contribution >= 4 is 17.2 Å². The van der Waals surface area contributed by atoms with E-state index in [2.05, 4.69) is 39.2 Å². The molecule has 1 fully saturated rings. The summed E-state index contributed by atoms with van der Waals surface area (Å²) < 4.78 is 1.71. The van der Waals surface area contributed by atoms with Crippen molar-refractivity contribution in [3.05, 3.63) is 95.9 Å². The summed E-state index contributed by atoms with van der Waals surface area (Å²) in [5, 5.41) is 4.40. The summed E-state index contributed by atoms with van der Waals surface area (Å²) in [6, 6.07) is 20.6. The van der Waals surface area contributed by atoms with Gasteiger partial charge < -0.3 is 9.80 Å². The maximum atomic E-state index is 13.1. The third kappa shape index (κ3) is 3.64. The number of fused-ring (bicyclic) bond motifs is 1.